The summed E-state index contributed by atoms with van der Waals surface area (Å²) in [5.74, 6) is -0.302. The van der Waals surface area contributed by atoms with Crippen molar-refractivity contribution < 1.29 is 14.6 Å². The largest absolute Gasteiger partial charge is 0.478 e. The predicted molar refractivity (Wildman–Crippen MR) is 103 cm³/mol. The Morgan fingerprint density at radius 3 is 2.79 bits per heavy atom. The number of nitrogens with one attached hydrogen (secondary N) is 1. The van der Waals surface area contributed by atoms with Crippen LogP contribution in [0.1, 0.15) is 10.4 Å². The monoisotopic (exact) mass is 416 g/mol. The highest BCUT2D eigenvalue weighted by Gasteiger charge is 2.12. The molecule has 0 unspecified atom stereocenters. The Bertz CT molecular complexity index is 1280. The minimum atomic E-state index is -1.13. The standard InChI is InChI=1S/C18H10Cl2N4O4/c19-12-2-1-3-14(15(12)20)28-10-4-5-13-11(6-10)16(25)23-18(22-13)24-8-9(7-21-24)17(26)27/h1-8H,(H,26,27)(H,22,23,25). The quantitative estimate of drug-likeness (QED) is 0.521. The molecule has 0 aliphatic heterocycles. The lowest BCUT2D eigenvalue weighted by atomic mass is 10.2. The second kappa shape index (κ2) is 6.99. The van der Waals surface area contributed by atoms with Gasteiger partial charge in [0.25, 0.3) is 5.56 Å². The summed E-state index contributed by atoms with van der Waals surface area (Å²) in [4.78, 5) is 30.3. The van der Waals surface area contributed by atoms with E-state index in [0.29, 0.717) is 22.0 Å². The lowest BCUT2D eigenvalue weighted by molar-refractivity contribution is 0.0697. The SMILES string of the molecule is O=C(O)c1cnn(-c2nc3ccc(Oc4cccc(Cl)c4Cl)cc3c(=O)[nH]2)c1. The first-order valence-corrected chi connectivity index (χ1v) is 8.62. The summed E-state index contributed by atoms with van der Waals surface area (Å²) in [6.45, 7) is 0. The molecule has 28 heavy (non-hydrogen) atoms. The van der Waals surface area contributed by atoms with E-state index in [2.05, 4.69) is 15.1 Å². The number of nitrogens with zero attached hydrogens (tertiary/aromatic N) is 3. The summed E-state index contributed by atoms with van der Waals surface area (Å²) in [7, 11) is 0. The van der Waals surface area contributed by atoms with Crippen molar-refractivity contribution in [3.05, 3.63) is 74.8 Å². The molecule has 0 amide bonds. The highest BCUT2D eigenvalue weighted by Crippen LogP contribution is 2.35. The maximum atomic E-state index is 12.5. The van der Waals surface area contributed by atoms with Crippen LogP contribution in [0.3, 0.4) is 0 Å². The van der Waals surface area contributed by atoms with Crippen molar-refractivity contribution >= 4 is 40.1 Å². The molecule has 2 aromatic heterocycles. The number of fused-ring (bicyclic) bond motifs is 1. The summed E-state index contributed by atoms with van der Waals surface area (Å²) in [5.41, 5.74) is -0.0735. The van der Waals surface area contributed by atoms with Gasteiger partial charge in [0.05, 0.1) is 27.7 Å². The lowest BCUT2D eigenvalue weighted by Gasteiger charge is -2.09. The molecule has 0 atom stereocenters. The van der Waals surface area contributed by atoms with Crippen molar-refractivity contribution in [2.75, 3.05) is 0 Å². The van der Waals surface area contributed by atoms with Gasteiger partial charge < -0.3 is 9.84 Å². The Balaban J connectivity index is 1.72. The van der Waals surface area contributed by atoms with Gasteiger partial charge in [-0.05, 0) is 30.3 Å². The second-order valence-corrected chi connectivity index (χ2v) is 6.49. The van der Waals surface area contributed by atoms with Crippen LogP contribution in [0.2, 0.25) is 10.0 Å². The van der Waals surface area contributed by atoms with Gasteiger partial charge in [-0.3, -0.25) is 9.78 Å². The summed E-state index contributed by atoms with van der Waals surface area (Å²) < 4.78 is 6.90. The van der Waals surface area contributed by atoms with Gasteiger partial charge in [0.15, 0.2) is 0 Å². The molecule has 4 rings (SSSR count). The van der Waals surface area contributed by atoms with Crippen LogP contribution < -0.4 is 10.3 Å². The summed E-state index contributed by atoms with van der Waals surface area (Å²) in [6, 6.07) is 9.74. The molecule has 2 heterocycles. The Morgan fingerprint density at radius 2 is 2.04 bits per heavy atom. The highest BCUT2D eigenvalue weighted by molar-refractivity contribution is 6.42. The molecule has 8 nitrogen and oxygen atoms in total. The Morgan fingerprint density at radius 1 is 1.21 bits per heavy atom. The van der Waals surface area contributed by atoms with Crippen LogP contribution >= 0.6 is 23.2 Å². The van der Waals surface area contributed by atoms with Crippen LogP contribution in [0.5, 0.6) is 11.5 Å². The zero-order valence-corrected chi connectivity index (χ0v) is 15.4. The van der Waals surface area contributed by atoms with E-state index in [0.717, 1.165) is 6.20 Å². The van der Waals surface area contributed by atoms with Gasteiger partial charge >= 0.3 is 5.97 Å². The van der Waals surface area contributed by atoms with Gasteiger partial charge in [-0.15, -0.1) is 0 Å². The number of carboxylic acids is 1. The van der Waals surface area contributed by atoms with Gasteiger partial charge in [-0.2, -0.15) is 5.10 Å². The summed E-state index contributed by atoms with van der Waals surface area (Å²) in [6.07, 6.45) is 2.42. The Hall–Kier alpha value is -3.36. The first-order chi connectivity index (χ1) is 13.4. The first-order valence-electron chi connectivity index (χ1n) is 7.86. The predicted octanol–water partition coefficient (Wildman–Crippen LogP) is 3.91. The Kier molecular flexibility index (Phi) is 4.50. The van der Waals surface area contributed by atoms with Gasteiger partial charge in [-0.1, -0.05) is 29.3 Å². The molecule has 0 aliphatic carbocycles. The normalized spacial score (nSPS) is 10.9. The number of aromatic amines is 1. The fraction of sp³-hybridized carbons (Fsp3) is 0. The minimum Gasteiger partial charge on any atom is -0.478 e. The van der Waals surface area contributed by atoms with E-state index in [-0.39, 0.29) is 21.9 Å². The van der Waals surface area contributed by atoms with Crippen LogP contribution in [0.4, 0.5) is 0 Å². The van der Waals surface area contributed by atoms with E-state index in [4.69, 9.17) is 33.0 Å². The van der Waals surface area contributed by atoms with Crippen LogP contribution in [0, 0.1) is 0 Å². The second-order valence-electron chi connectivity index (χ2n) is 5.70. The van der Waals surface area contributed by atoms with Crippen LogP contribution in [-0.2, 0) is 0 Å². The number of halogens is 2. The van der Waals surface area contributed by atoms with Crippen molar-refractivity contribution in [1.29, 1.82) is 0 Å². The number of carbonyl (C=O) groups is 1. The molecule has 0 fully saturated rings. The number of aromatic nitrogens is 4. The molecule has 10 heteroatoms. The zero-order valence-electron chi connectivity index (χ0n) is 13.9. The third kappa shape index (κ3) is 3.30. The average molecular weight is 417 g/mol. The van der Waals surface area contributed by atoms with Crippen molar-refractivity contribution in [3.63, 3.8) is 0 Å². The molecule has 0 saturated carbocycles. The number of aromatic carboxylic acids is 1. The topological polar surface area (TPSA) is 110 Å². The number of benzene rings is 2. The fourth-order valence-corrected chi connectivity index (χ4v) is 2.85. The van der Waals surface area contributed by atoms with E-state index in [9.17, 15) is 9.59 Å². The third-order valence-electron chi connectivity index (χ3n) is 3.85. The molecule has 0 radical (unpaired) electrons. The molecule has 0 saturated heterocycles. The van der Waals surface area contributed by atoms with Crippen molar-refractivity contribution in [1.82, 2.24) is 19.7 Å². The van der Waals surface area contributed by atoms with E-state index < -0.39 is 11.5 Å². The number of rotatable bonds is 4. The van der Waals surface area contributed by atoms with Crippen LogP contribution in [0.15, 0.2) is 53.6 Å². The van der Waals surface area contributed by atoms with Crippen molar-refractivity contribution in [2.24, 2.45) is 0 Å². The van der Waals surface area contributed by atoms with Gasteiger partial charge in [0.1, 0.15) is 16.5 Å². The van der Waals surface area contributed by atoms with Gasteiger partial charge in [0, 0.05) is 6.20 Å². The van der Waals surface area contributed by atoms with Crippen molar-refractivity contribution in [2.45, 2.75) is 0 Å². The molecule has 0 spiro atoms. The number of H-pyrrole nitrogens is 1. The molecular weight excluding hydrogens is 407 g/mol. The lowest BCUT2D eigenvalue weighted by Crippen LogP contribution is -2.14. The average Bonchev–Trinajstić information content (AvgIpc) is 3.16. The maximum Gasteiger partial charge on any atom is 0.338 e. The van der Waals surface area contributed by atoms with E-state index in [1.165, 1.54) is 16.9 Å². The molecule has 0 bridgehead atoms. The van der Waals surface area contributed by atoms with E-state index in [1.54, 1.807) is 30.3 Å². The van der Waals surface area contributed by atoms with Crippen LogP contribution in [-0.4, -0.2) is 30.8 Å². The number of ether oxygens (including phenoxy) is 1. The minimum absolute atomic E-state index is 0.0232. The third-order valence-corrected chi connectivity index (χ3v) is 4.66. The molecule has 140 valence electrons. The summed E-state index contributed by atoms with van der Waals surface area (Å²) >= 11 is 12.1. The molecule has 4 aromatic rings. The molecular formula is C18H10Cl2N4O4. The first kappa shape index (κ1) is 18.0. The van der Waals surface area contributed by atoms with Crippen LogP contribution in [0.25, 0.3) is 16.9 Å². The number of hydrogen-bond acceptors (Lipinski definition) is 5. The molecule has 0 aliphatic rings. The highest BCUT2D eigenvalue weighted by atomic mass is 35.5. The fourth-order valence-electron chi connectivity index (χ4n) is 2.52. The number of carboxylic acid groups (broad SMARTS) is 1. The van der Waals surface area contributed by atoms with Crippen molar-refractivity contribution in [3.8, 4) is 17.4 Å². The summed E-state index contributed by atoms with van der Waals surface area (Å²) in [5, 5.41) is 13.8. The Labute approximate surface area is 166 Å². The smallest absolute Gasteiger partial charge is 0.338 e. The molecule has 2 N–H and O–H groups in total. The van der Waals surface area contributed by atoms with E-state index >= 15 is 0 Å². The van der Waals surface area contributed by atoms with Gasteiger partial charge in [0.2, 0.25) is 5.95 Å². The van der Waals surface area contributed by atoms with Gasteiger partial charge in [-0.25, -0.2) is 14.5 Å². The number of hydrogen-bond donors (Lipinski definition) is 2. The van der Waals surface area contributed by atoms with E-state index in [1.807, 2.05) is 0 Å². The zero-order chi connectivity index (χ0) is 19.8. The molecule has 2 aromatic carbocycles. The maximum absolute atomic E-state index is 12.5.